The molecular formula is C14H21NO2. The number of hydrogen-bond acceptors (Lipinski definition) is 3. The summed E-state index contributed by atoms with van der Waals surface area (Å²) < 4.78 is 5.47. The minimum Gasteiger partial charge on any atom is -0.456 e. The fourth-order valence-corrected chi connectivity index (χ4v) is 1.78. The molecule has 3 heteroatoms. The third-order valence-electron chi connectivity index (χ3n) is 3.29. The molecule has 0 N–H and O–H groups in total. The van der Waals surface area contributed by atoms with Gasteiger partial charge in [-0.15, -0.1) is 0 Å². The number of esters is 1. The molecule has 0 aromatic heterocycles. The molecule has 1 saturated carbocycles. The van der Waals surface area contributed by atoms with Crippen LogP contribution >= 0.6 is 0 Å². The van der Waals surface area contributed by atoms with Gasteiger partial charge >= 0.3 is 5.97 Å². The largest absolute Gasteiger partial charge is 0.456 e. The van der Waals surface area contributed by atoms with Gasteiger partial charge in [-0.05, 0) is 32.6 Å². The van der Waals surface area contributed by atoms with Crippen LogP contribution in [-0.2, 0) is 9.53 Å². The second-order valence-corrected chi connectivity index (χ2v) is 6.51. The smallest absolute Gasteiger partial charge is 0.311 e. The highest BCUT2D eigenvalue weighted by molar-refractivity contribution is 5.76. The van der Waals surface area contributed by atoms with Crippen LogP contribution in [0.5, 0.6) is 0 Å². The molecular weight excluding hydrogens is 214 g/mol. The quantitative estimate of drug-likeness (QED) is 0.558. The fraction of sp³-hybridized carbons (Fsp3) is 0.714. The summed E-state index contributed by atoms with van der Waals surface area (Å²) in [5, 5.41) is 8.93. The maximum atomic E-state index is 11.9. The molecule has 0 amide bonds. The van der Waals surface area contributed by atoms with Gasteiger partial charge in [0.15, 0.2) is 0 Å². The van der Waals surface area contributed by atoms with Crippen LogP contribution in [0.1, 0.15) is 41.0 Å². The van der Waals surface area contributed by atoms with Gasteiger partial charge < -0.3 is 4.74 Å². The first-order chi connectivity index (χ1) is 7.59. The van der Waals surface area contributed by atoms with Crippen molar-refractivity contribution in [1.29, 1.82) is 5.26 Å². The average molecular weight is 235 g/mol. The lowest BCUT2D eigenvalue weighted by molar-refractivity contribution is -0.157. The minimum absolute atomic E-state index is 0.141. The van der Waals surface area contributed by atoms with Crippen molar-refractivity contribution in [3.05, 3.63) is 12.2 Å². The maximum Gasteiger partial charge on any atom is 0.311 e. The summed E-state index contributed by atoms with van der Waals surface area (Å²) in [4.78, 5) is 11.9. The molecule has 0 aromatic rings. The van der Waals surface area contributed by atoms with E-state index in [0.717, 1.165) is 6.42 Å². The van der Waals surface area contributed by atoms with Gasteiger partial charge in [0.05, 0.1) is 17.1 Å². The second-order valence-electron chi connectivity index (χ2n) is 6.51. The molecule has 0 aliphatic heterocycles. The predicted molar refractivity (Wildman–Crippen MR) is 66.0 cm³/mol. The summed E-state index contributed by atoms with van der Waals surface area (Å²) in [6, 6.07) is 2.01. The Labute approximate surface area is 103 Å². The normalized spacial score (nSPS) is 23.4. The second kappa shape index (κ2) is 4.18. The van der Waals surface area contributed by atoms with Crippen LogP contribution in [0.15, 0.2) is 12.2 Å². The van der Waals surface area contributed by atoms with Crippen LogP contribution in [0.25, 0.3) is 0 Å². The standard InChI is InChI=1S/C14H21NO2/c1-9(8-15)11(10-7-14(10,5)6)17-12(16)13(2,3)4/h10-11H,1,7H2,2-6H3. The first kappa shape index (κ1) is 13.8. The summed E-state index contributed by atoms with van der Waals surface area (Å²) in [5.41, 5.74) is -0.0616. The van der Waals surface area contributed by atoms with E-state index in [1.807, 2.05) is 6.07 Å². The van der Waals surface area contributed by atoms with Gasteiger partial charge in [-0.2, -0.15) is 5.26 Å². The first-order valence-corrected chi connectivity index (χ1v) is 5.89. The van der Waals surface area contributed by atoms with Crippen LogP contribution in [0, 0.1) is 28.1 Å². The van der Waals surface area contributed by atoms with E-state index in [2.05, 4.69) is 20.4 Å². The van der Waals surface area contributed by atoms with Crippen LogP contribution < -0.4 is 0 Å². The zero-order valence-corrected chi connectivity index (χ0v) is 11.3. The third-order valence-corrected chi connectivity index (χ3v) is 3.29. The number of carbonyl (C=O) groups is 1. The van der Waals surface area contributed by atoms with E-state index in [0.29, 0.717) is 5.57 Å². The molecule has 0 spiro atoms. The molecule has 1 fully saturated rings. The van der Waals surface area contributed by atoms with Crippen molar-refractivity contribution >= 4 is 5.97 Å². The van der Waals surface area contributed by atoms with Gasteiger partial charge in [-0.1, -0.05) is 20.4 Å². The zero-order valence-electron chi connectivity index (χ0n) is 11.3. The summed E-state index contributed by atoms with van der Waals surface area (Å²) >= 11 is 0. The third kappa shape index (κ3) is 3.09. The Balaban J connectivity index is 2.78. The first-order valence-electron chi connectivity index (χ1n) is 5.89. The number of carbonyl (C=O) groups excluding carboxylic acids is 1. The number of nitriles is 1. The van der Waals surface area contributed by atoms with E-state index in [1.54, 1.807) is 20.8 Å². The fourth-order valence-electron chi connectivity index (χ4n) is 1.78. The molecule has 2 atom stereocenters. The zero-order chi connectivity index (χ0) is 13.4. The van der Waals surface area contributed by atoms with Crippen molar-refractivity contribution in [2.45, 2.75) is 47.1 Å². The lowest BCUT2D eigenvalue weighted by atomic mass is 9.96. The Kier molecular flexibility index (Phi) is 3.38. The van der Waals surface area contributed by atoms with Gasteiger partial charge in [0.2, 0.25) is 0 Å². The lowest BCUT2D eigenvalue weighted by Gasteiger charge is -2.23. The minimum atomic E-state index is -0.549. The molecule has 1 aliphatic rings. The number of hydrogen-bond donors (Lipinski definition) is 0. The van der Waals surface area contributed by atoms with Crippen molar-refractivity contribution in [2.75, 3.05) is 0 Å². The van der Waals surface area contributed by atoms with Gasteiger partial charge in [0.1, 0.15) is 6.10 Å². The average Bonchev–Trinajstić information content (AvgIpc) is 2.80. The van der Waals surface area contributed by atoms with Crippen molar-refractivity contribution in [3.63, 3.8) is 0 Å². The van der Waals surface area contributed by atoms with Gasteiger partial charge in [0, 0.05) is 5.92 Å². The van der Waals surface area contributed by atoms with Crippen LogP contribution in [0.3, 0.4) is 0 Å². The predicted octanol–water partition coefficient (Wildman–Crippen LogP) is 3.07. The van der Waals surface area contributed by atoms with Gasteiger partial charge in [-0.25, -0.2) is 0 Å². The summed E-state index contributed by atoms with van der Waals surface area (Å²) in [7, 11) is 0. The molecule has 94 valence electrons. The van der Waals surface area contributed by atoms with E-state index in [9.17, 15) is 4.79 Å². The lowest BCUT2D eigenvalue weighted by Crippen LogP contribution is -2.31. The molecule has 0 heterocycles. The van der Waals surface area contributed by atoms with E-state index < -0.39 is 11.5 Å². The number of nitrogens with zero attached hydrogens (tertiary/aromatic N) is 1. The summed E-state index contributed by atoms with van der Waals surface area (Å²) in [5.74, 6) is -0.0532. The molecule has 2 unspecified atom stereocenters. The Morgan fingerprint density at radius 2 is 2.00 bits per heavy atom. The van der Waals surface area contributed by atoms with Crippen LogP contribution in [0.4, 0.5) is 0 Å². The Hall–Kier alpha value is -1.30. The van der Waals surface area contributed by atoms with Crippen LogP contribution in [0.2, 0.25) is 0 Å². The molecule has 1 rings (SSSR count). The Morgan fingerprint density at radius 3 is 2.29 bits per heavy atom. The maximum absolute atomic E-state index is 11.9. The number of rotatable bonds is 3. The Bertz CT molecular complexity index is 382. The number of ether oxygens (including phenoxy) is 1. The van der Waals surface area contributed by atoms with E-state index in [-0.39, 0.29) is 17.3 Å². The highest BCUT2D eigenvalue weighted by Crippen LogP contribution is 2.55. The van der Waals surface area contributed by atoms with Gasteiger partial charge in [-0.3, -0.25) is 4.79 Å². The molecule has 1 aliphatic carbocycles. The molecule has 0 radical (unpaired) electrons. The monoisotopic (exact) mass is 235 g/mol. The van der Waals surface area contributed by atoms with Crippen molar-refractivity contribution < 1.29 is 9.53 Å². The molecule has 17 heavy (non-hydrogen) atoms. The van der Waals surface area contributed by atoms with E-state index in [1.165, 1.54) is 0 Å². The van der Waals surface area contributed by atoms with Gasteiger partial charge in [0.25, 0.3) is 0 Å². The summed E-state index contributed by atoms with van der Waals surface area (Å²) in [6.07, 6.45) is 0.511. The van der Waals surface area contributed by atoms with Crippen LogP contribution in [-0.4, -0.2) is 12.1 Å². The van der Waals surface area contributed by atoms with Crippen molar-refractivity contribution in [1.82, 2.24) is 0 Å². The molecule has 0 aromatic carbocycles. The van der Waals surface area contributed by atoms with Crippen molar-refractivity contribution in [2.24, 2.45) is 16.7 Å². The topological polar surface area (TPSA) is 50.1 Å². The SMILES string of the molecule is C=C(C#N)C(OC(=O)C(C)(C)C)C1CC1(C)C. The molecule has 0 saturated heterocycles. The highest BCUT2D eigenvalue weighted by atomic mass is 16.5. The molecule has 3 nitrogen and oxygen atoms in total. The van der Waals surface area contributed by atoms with Crippen molar-refractivity contribution in [3.8, 4) is 6.07 Å². The van der Waals surface area contributed by atoms with E-state index >= 15 is 0 Å². The van der Waals surface area contributed by atoms with E-state index in [4.69, 9.17) is 10.00 Å². The highest BCUT2D eigenvalue weighted by Gasteiger charge is 2.53. The molecule has 0 bridgehead atoms. The Morgan fingerprint density at radius 1 is 1.53 bits per heavy atom. The summed E-state index contributed by atoms with van der Waals surface area (Å²) in [6.45, 7) is 13.3.